The number of aliphatic carboxylic acids is 1. The molecule has 1 aromatic carbocycles. The molecule has 0 aliphatic heterocycles. The second-order valence-corrected chi connectivity index (χ2v) is 5.18. The summed E-state index contributed by atoms with van der Waals surface area (Å²) in [6, 6.07) is 5.64. The number of nitrogens with zero attached hydrogens (tertiary/aromatic N) is 1. The summed E-state index contributed by atoms with van der Waals surface area (Å²) in [6.45, 7) is 2.39. The Morgan fingerprint density at radius 3 is 3.00 bits per heavy atom. The quantitative estimate of drug-likeness (QED) is 0.776. The number of halogens is 1. The zero-order chi connectivity index (χ0) is 11.7. The van der Waals surface area contributed by atoms with Gasteiger partial charge in [-0.2, -0.15) is 4.57 Å². The minimum Gasteiger partial charge on any atom is -0.550 e. The SMILES string of the molecule is Cc1sc2ccc(Cl)cc2[n+]1CCC(=O)[O-]. The van der Waals surface area contributed by atoms with Gasteiger partial charge in [0, 0.05) is 30.4 Å². The molecule has 2 aromatic rings. The summed E-state index contributed by atoms with van der Waals surface area (Å²) in [7, 11) is 0. The zero-order valence-corrected chi connectivity index (χ0v) is 10.3. The van der Waals surface area contributed by atoms with Crippen LogP contribution < -0.4 is 9.67 Å². The van der Waals surface area contributed by atoms with Crippen LogP contribution in [0.3, 0.4) is 0 Å². The van der Waals surface area contributed by atoms with Crippen molar-refractivity contribution < 1.29 is 14.5 Å². The van der Waals surface area contributed by atoms with E-state index in [4.69, 9.17) is 11.6 Å². The van der Waals surface area contributed by atoms with Gasteiger partial charge >= 0.3 is 0 Å². The molecule has 0 saturated carbocycles. The molecule has 84 valence electrons. The Hall–Kier alpha value is -1.13. The van der Waals surface area contributed by atoms with Crippen LogP contribution in [0, 0.1) is 6.92 Å². The van der Waals surface area contributed by atoms with Crippen molar-refractivity contribution in [1.82, 2.24) is 0 Å². The molecule has 16 heavy (non-hydrogen) atoms. The lowest BCUT2D eigenvalue weighted by Crippen LogP contribution is -2.38. The summed E-state index contributed by atoms with van der Waals surface area (Å²) in [5, 5.41) is 12.2. The standard InChI is InChI=1S/C11H10ClNO2S/c1-7-13(5-4-11(14)15)9-6-8(12)2-3-10(9)16-7/h2-3,6H,4-5H2,1H3. The van der Waals surface area contributed by atoms with Gasteiger partial charge in [-0.3, -0.25) is 0 Å². The highest BCUT2D eigenvalue weighted by Gasteiger charge is 2.16. The number of rotatable bonds is 3. The molecule has 1 heterocycles. The number of benzene rings is 1. The van der Waals surface area contributed by atoms with E-state index < -0.39 is 5.97 Å². The monoisotopic (exact) mass is 255 g/mol. The third-order valence-electron chi connectivity index (χ3n) is 2.39. The molecular weight excluding hydrogens is 246 g/mol. The summed E-state index contributed by atoms with van der Waals surface area (Å²) >= 11 is 7.56. The molecular formula is C11H10ClNO2S. The number of aromatic nitrogens is 1. The number of carbonyl (C=O) groups excluding carboxylic acids is 1. The first-order valence-electron chi connectivity index (χ1n) is 4.86. The molecule has 0 unspecified atom stereocenters. The van der Waals surface area contributed by atoms with E-state index in [0.29, 0.717) is 11.6 Å². The minimum absolute atomic E-state index is 0.0177. The van der Waals surface area contributed by atoms with Crippen LogP contribution in [0.5, 0.6) is 0 Å². The van der Waals surface area contributed by atoms with E-state index in [2.05, 4.69) is 0 Å². The number of hydrogen-bond donors (Lipinski definition) is 0. The van der Waals surface area contributed by atoms with Gasteiger partial charge in [-0.25, -0.2) is 0 Å². The summed E-state index contributed by atoms with van der Waals surface area (Å²) in [6.07, 6.45) is 0.0177. The van der Waals surface area contributed by atoms with Crippen molar-refractivity contribution in [2.45, 2.75) is 19.9 Å². The highest BCUT2D eigenvalue weighted by molar-refractivity contribution is 7.18. The maximum Gasteiger partial charge on any atom is 0.235 e. The van der Waals surface area contributed by atoms with E-state index in [0.717, 1.165) is 15.2 Å². The molecule has 0 aliphatic rings. The van der Waals surface area contributed by atoms with Crippen molar-refractivity contribution in [3.05, 3.63) is 28.2 Å². The lowest BCUT2D eigenvalue weighted by Gasteiger charge is -1.98. The molecule has 3 nitrogen and oxygen atoms in total. The van der Waals surface area contributed by atoms with Crippen LogP contribution in [0.2, 0.25) is 5.02 Å². The average molecular weight is 256 g/mol. The molecule has 0 radical (unpaired) electrons. The fourth-order valence-corrected chi connectivity index (χ4v) is 2.85. The Kier molecular flexibility index (Phi) is 3.12. The van der Waals surface area contributed by atoms with Crippen LogP contribution in [0.4, 0.5) is 0 Å². The van der Waals surface area contributed by atoms with Crippen LogP contribution >= 0.6 is 22.9 Å². The maximum atomic E-state index is 10.5. The van der Waals surface area contributed by atoms with E-state index in [9.17, 15) is 9.90 Å². The number of aryl methyl sites for hydroxylation is 2. The van der Waals surface area contributed by atoms with Crippen LogP contribution in [0.1, 0.15) is 11.4 Å². The average Bonchev–Trinajstić information content (AvgIpc) is 2.51. The van der Waals surface area contributed by atoms with Gasteiger partial charge in [-0.15, -0.1) is 0 Å². The van der Waals surface area contributed by atoms with E-state index in [1.165, 1.54) is 0 Å². The Morgan fingerprint density at radius 1 is 1.56 bits per heavy atom. The third-order valence-corrected chi connectivity index (χ3v) is 3.71. The number of carboxylic acid groups (broad SMARTS) is 1. The molecule has 0 bridgehead atoms. The van der Waals surface area contributed by atoms with Crippen molar-refractivity contribution in [2.75, 3.05) is 0 Å². The lowest BCUT2D eigenvalue weighted by molar-refractivity contribution is -0.672. The molecule has 0 saturated heterocycles. The van der Waals surface area contributed by atoms with Crippen LogP contribution in [-0.2, 0) is 11.3 Å². The second-order valence-electron chi connectivity index (χ2n) is 3.51. The normalized spacial score (nSPS) is 10.9. The highest BCUT2D eigenvalue weighted by atomic mass is 35.5. The first-order valence-corrected chi connectivity index (χ1v) is 6.05. The van der Waals surface area contributed by atoms with E-state index in [1.807, 2.05) is 29.7 Å². The highest BCUT2D eigenvalue weighted by Crippen LogP contribution is 2.23. The lowest BCUT2D eigenvalue weighted by atomic mass is 10.3. The van der Waals surface area contributed by atoms with Gasteiger partial charge in [0.05, 0.1) is 0 Å². The fraction of sp³-hybridized carbons (Fsp3) is 0.273. The van der Waals surface area contributed by atoms with Crippen LogP contribution in [0.25, 0.3) is 10.2 Å². The Bertz CT molecular complexity index is 550. The number of thiazole rings is 1. The molecule has 0 aliphatic carbocycles. The summed E-state index contributed by atoms with van der Waals surface area (Å²) in [5.41, 5.74) is 0.983. The number of carbonyl (C=O) groups is 1. The molecule has 1 aromatic heterocycles. The molecule has 2 rings (SSSR count). The first kappa shape index (κ1) is 11.4. The van der Waals surface area contributed by atoms with Crippen molar-refractivity contribution in [3.8, 4) is 0 Å². The third kappa shape index (κ3) is 2.18. The van der Waals surface area contributed by atoms with Crippen molar-refractivity contribution in [1.29, 1.82) is 0 Å². The number of hydrogen-bond acceptors (Lipinski definition) is 3. The predicted octanol–water partition coefficient (Wildman–Crippen LogP) is 1.29. The van der Waals surface area contributed by atoms with Gasteiger partial charge < -0.3 is 9.90 Å². The smallest absolute Gasteiger partial charge is 0.235 e. The van der Waals surface area contributed by atoms with Gasteiger partial charge in [0.15, 0.2) is 6.54 Å². The van der Waals surface area contributed by atoms with E-state index >= 15 is 0 Å². The van der Waals surface area contributed by atoms with Gasteiger partial charge in [-0.05, 0) is 12.1 Å². The summed E-state index contributed by atoms with van der Waals surface area (Å²) < 4.78 is 3.07. The van der Waals surface area contributed by atoms with E-state index in [1.54, 1.807) is 11.3 Å². The molecule has 0 atom stereocenters. The van der Waals surface area contributed by atoms with Crippen LogP contribution in [0.15, 0.2) is 18.2 Å². The summed E-state index contributed by atoms with van der Waals surface area (Å²) in [5.74, 6) is -1.03. The fourth-order valence-electron chi connectivity index (χ4n) is 1.65. The van der Waals surface area contributed by atoms with Gasteiger partial charge in [0.1, 0.15) is 4.70 Å². The van der Waals surface area contributed by atoms with Gasteiger partial charge in [0.2, 0.25) is 10.5 Å². The second kappa shape index (κ2) is 4.39. The van der Waals surface area contributed by atoms with Crippen molar-refractivity contribution >= 4 is 39.1 Å². The van der Waals surface area contributed by atoms with Crippen LogP contribution in [-0.4, -0.2) is 5.97 Å². The Labute approximate surface area is 102 Å². The molecule has 0 N–H and O–H groups in total. The minimum atomic E-state index is -1.03. The Morgan fingerprint density at radius 2 is 2.31 bits per heavy atom. The van der Waals surface area contributed by atoms with E-state index in [-0.39, 0.29) is 6.42 Å². The maximum absolute atomic E-state index is 10.5. The topological polar surface area (TPSA) is 44.0 Å². The Balaban J connectivity index is 2.45. The van der Waals surface area contributed by atoms with Gasteiger partial charge in [-0.1, -0.05) is 22.9 Å². The predicted molar refractivity (Wildman–Crippen MR) is 61.4 cm³/mol. The van der Waals surface area contributed by atoms with Crippen molar-refractivity contribution in [3.63, 3.8) is 0 Å². The first-order chi connectivity index (χ1) is 7.58. The molecule has 5 heteroatoms. The van der Waals surface area contributed by atoms with Crippen molar-refractivity contribution in [2.24, 2.45) is 0 Å². The van der Waals surface area contributed by atoms with Gasteiger partial charge in [0.25, 0.3) is 0 Å². The number of fused-ring (bicyclic) bond motifs is 1. The largest absolute Gasteiger partial charge is 0.550 e. The number of carboxylic acids is 1. The zero-order valence-electron chi connectivity index (χ0n) is 8.70. The molecule has 0 amide bonds. The molecule has 0 spiro atoms. The summed E-state index contributed by atoms with van der Waals surface area (Å²) in [4.78, 5) is 10.5. The molecule has 0 fully saturated rings.